The predicted octanol–water partition coefficient (Wildman–Crippen LogP) is 5.90. The minimum Gasteiger partial charge on any atom is -0.494 e. The molecule has 0 saturated heterocycles. The summed E-state index contributed by atoms with van der Waals surface area (Å²) in [5.74, 6) is 0.803. The maximum absolute atomic E-state index is 12.0. The molecule has 6 heteroatoms. The van der Waals surface area contributed by atoms with Gasteiger partial charge in [0.05, 0.1) is 23.5 Å². The minimum atomic E-state index is -0.455. The third-order valence-electron chi connectivity index (χ3n) is 3.83. The van der Waals surface area contributed by atoms with Crippen molar-refractivity contribution in [1.29, 1.82) is 0 Å². The number of benzene rings is 2. The Bertz CT molecular complexity index is 908. The molecule has 1 heterocycles. The Balaban J connectivity index is 1.55. The van der Waals surface area contributed by atoms with Crippen LogP contribution in [-0.4, -0.2) is 17.6 Å². The van der Waals surface area contributed by atoms with Gasteiger partial charge in [0.15, 0.2) is 0 Å². The van der Waals surface area contributed by atoms with Crippen molar-refractivity contribution < 1.29 is 14.3 Å². The highest BCUT2D eigenvalue weighted by Crippen LogP contribution is 2.23. The molecule has 0 amide bonds. The normalized spacial score (nSPS) is 10.8. The fourth-order valence-corrected chi connectivity index (χ4v) is 2.29. The highest BCUT2D eigenvalue weighted by molar-refractivity contribution is 5.90. The molecular weight excluding hydrogens is 354 g/mol. The van der Waals surface area contributed by atoms with Crippen LogP contribution in [0, 0.1) is 0 Å². The number of unbranched alkanes of at least 4 members (excludes halogenated alkanes) is 1. The topological polar surface area (TPSA) is 73.1 Å². The van der Waals surface area contributed by atoms with E-state index in [0.29, 0.717) is 17.0 Å². The lowest BCUT2D eigenvalue weighted by Gasteiger charge is -2.05. The molecule has 0 bridgehead atoms. The monoisotopic (exact) mass is 375 g/mol. The number of rotatable bonds is 8. The van der Waals surface area contributed by atoms with Gasteiger partial charge in [-0.05, 0) is 67.1 Å². The van der Waals surface area contributed by atoms with E-state index < -0.39 is 5.97 Å². The van der Waals surface area contributed by atoms with Crippen LogP contribution in [0.25, 0.3) is 0 Å². The number of carbonyl (C=O) groups is 1. The van der Waals surface area contributed by atoms with Crippen LogP contribution >= 0.6 is 0 Å². The summed E-state index contributed by atoms with van der Waals surface area (Å²) in [6.45, 7) is 2.85. The van der Waals surface area contributed by atoms with Crippen molar-refractivity contribution >= 4 is 17.3 Å². The Morgan fingerprint density at radius 1 is 0.929 bits per heavy atom. The molecule has 1 aromatic heterocycles. The Morgan fingerprint density at radius 2 is 1.57 bits per heavy atom. The quantitative estimate of drug-likeness (QED) is 0.213. The zero-order chi connectivity index (χ0) is 19.6. The second-order valence-corrected chi connectivity index (χ2v) is 6.02. The van der Waals surface area contributed by atoms with Crippen LogP contribution in [0.3, 0.4) is 0 Å². The van der Waals surface area contributed by atoms with Gasteiger partial charge in [0, 0.05) is 12.4 Å². The van der Waals surface area contributed by atoms with E-state index in [4.69, 9.17) is 9.47 Å². The molecule has 0 aliphatic heterocycles. The summed E-state index contributed by atoms with van der Waals surface area (Å²) in [4.78, 5) is 15.9. The highest BCUT2D eigenvalue weighted by Gasteiger charge is 2.08. The Morgan fingerprint density at radius 3 is 2.14 bits per heavy atom. The fraction of sp³-hybridized carbons (Fsp3) is 0.182. The highest BCUT2D eigenvalue weighted by atomic mass is 16.5. The number of nitrogens with zero attached hydrogens (tertiary/aromatic N) is 3. The third-order valence-corrected chi connectivity index (χ3v) is 3.83. The van der Waals surface area contributed by atoms with Gasteiger partial charge in [-0.2, -0.15) is 10.2 Å². The van der Waals surface area contributed by atoms with Gasteiger partial charge in [0.25, 0.3) is 0 Å². The maximum Gasteiger partial charge on any atom is 0.345 e. The molecule has 0 radical (unpaired) electrons. The van der Waals surface area contributed by atoms with Gasteiger partial charge in [0.2, 0.25) is 0 Å². The molecule has 2 aromatic carbocycles. The Labute approximate surface area is 163 Å². The lowest BCUT2D eigenvalue weighted by molar-refractivity contribution is 0.0734. The average molecular weight is 375 g/mol. The van der Waals surface area contributed by atoms with Gasteiger partial charge in [-0.1, -0.05) is 13.3 Å². The van der Waals surface area contributed by atoms with Gasteiger partial charge in [-0.3, -0.25) is 4.98 Å². The van der Waals surface area contributed by atoms with Crippen LogP contribution in [0.4, 0.5) is 11.4 Å². The lowest BCUT2D eigenvalue weighted by Crippen LogP contribution is -2.08. The summed E-state index contributed by atoms with van der Waals surface area (Å²) in [6.07, 6.45) is 5.21. The number of carbonyl (C=O) groups excluding carboxylic acids is 1. The van der Waals surface area contributed by atoms with E-state index in [-0.39, 0.29) is 0 Å². The van der Waals surface area contributed by atoms with Gasteiger partial charge in [0.1, 0.15) is 11.5 Å². The van der Waals surface area contributed by atoms with Crippen LogP contribution < -0.4 is 9.47 Å². The van der Waals surface area contributed by atoms with Gasteiger partial charge >= 0.3 is 5.97 Å². The van der Waals surface area contributed by atoms with Gasteiger partial charge in [-0.15, -0.1) is 0 Å². The number of aromatic nitrogens is 1. The first-order valence-electron chi connectivity index (χ1n) is 9.11. The molecule has 0 fully saturated rings. The maximum atomic E-state index is 12.0. The predicted molar refractivity (Wildman–Crippen MR) is 107 cm³/mol. The number of pyridine rings is 1. The molecule has 3 aromatic rings. The molecule has 0 saturated carbocycles. The van der Waals surface area contributed by atoms with Crippen molar-refractivity contribution in [3.05, 3.63) is 78.6 Å². The van der Waals surface area contributed by atoms with E-state index >= 15 is 0 Å². The second-order valence-electron chi connectivity index (χ2n) is 6.02. The number of ether oxygens (including phenoxy) is 2. The molecule has 0 aliphatic carbocycles. The number of esters is 1. The van der Waals surface area contributed by atoms with Crippen LogP contribution in [0.15, 0.2) is 83.3 Å². The molecule has 0 atom stereocenters. The standard InChI is InChI=1S/C22H21N3O3/c1-2-3-15-27-20-10-6-18(7-11-20)24-25-19-8-12-21(13-9-19)28-22(26)17-5-4-14-23-16-17/h4-14,16H,2-3,15H2,1H3. The van der Waals surface area contributed by atoms with Gasteiger partial charge < -0.3 is 9.47 Å². The van der Waals surface area contributed by atoms with Crippen LogP contribution in [0.5, 0.6) is 11.5 Å². The van der Waals surface area contributed by atoms with E-state index in [0.717, 1.165) is 30.9 Å². The Kier molecular flexibility index (Phi) is 6.84. The molecule has 28 heavy (non-hydrogen) atoms. The Hall–Kier alpha value is -3.54. The number of hydrogen-bond donors (Lipinski definition) is 0. The average Bonchev–Trinajstić information content (AvgIpc) is 2.75. The van der Waals surface area contributed by atoms with Crippen molar-refractivity contribution in [1.82, 2.24) is 4.98 Å². The summed E-state index contributed by atoms with van der Waals surface area (Å²) in [6, 6.07) is 17.6. The summed E-state index contributed by atoms with van der Waals surface area (Å²) in [7, 11) is 0. The number of azo groups is 1. The van der Waals surface area contributed by atoms with Crippen molar-refractivity contribution in [2.24, 2.45) is 10.2 Å². The van der Waals surface area contributed by atoms with Crippen molar-refractivity contribution in [2.45, 2.75) is 19.8 Å². The van der Waals surface area contributed by atoms with Crippen molar-refractivity contribution in [2.75, 3.05) is 6.61 Å². The summed E-state index contributed by atoms with van der Waals surface area (Å²) in [5, 5.41) is 8.40. The molecule has 142 valence electrons. The zero-order valence-electron chi connectivity index (χ0n) is 15.6. The minimum absolute atomic E-state index is 0.397. The second kappa shape index (κ2) is 9.97. The lowest BCUT2D eigenvalue weighted by atomic mass is 10.3. The summed E-state index contributed by atoms with van der Waals surface area (Å²) >= 11 is 0. The zero-order valence-corrected chi connectivity index (χ0v) is 15.6. The first kappa shape index (κ1) is 19.2. The van der Waals surface area contributed by atoms with E-state index in [1.54, 1.807) is 42.6 Å². The van der Waals surface area contributed by atoms with E-state index in [2.05, 4.69) is 22.1 Å². The molecule has 0 aliphatic rings. The molecule has 0 N–H and O–H groups in total. The van der Waals surface area contributed by atoms with E-state index in [1.165, 1.54) is 6.20 Å². The molecule has 0 spiro atoms. The molecular formula is C22H21N3O3. The van der Waals surface area contributed by atoms with E-state index in [9.17, 15) is 4.79 Å². The van der Waals surface area contributed by atoms with Crippen LogP contribution in [0.2, 0.25) is 0 Å². The van der Waals surface area contributed by atoms with Crippen molar-refractivity contribution in [3.8, 4) is 11.5 Å². The van der Waals surface area contributed by atoms with Gasteiger partial charge in [-0.25, -0.2) is 4.79 Å². The molecule has 6 nitrogen and oxygen atoms in total. The fourth-order valence-electron chi connectivity index (χ4n) is 2.29. The third kappa shape index (κ3) is 5.74. The van der Waals surface area contributed by atoms with E-state index in [1.807, 2.05) is 24.3 Å². The van der Waals surface area contributed by atoms with Crippen molar-refractivity contribution in [3.63, 3.8) is 0 Å². The summed E-state index contributed by atoms with van der Waals surface area (Å²) < 4.78 is 10.9. The first-order valence-corrected chi connectivity index (χ1v) is 9.11. The smallest absolute Gasteiger partial charge is 0.345 e. The number of hydrogen-bond acceptors (Lipinski definition) is 6. The first-order chi connectivity index (χ1) is 13.7. The van der Waals surface area contributed by atoms with Crippen LogP contribution in [0.1, 0.15) is 30.1 Å². The largest absolute Gasteiger partial charge is 0.494 e. The molecule has 0 unspecified atom stereocenters. The molecule has 3 rings (SSSR count). The SMILES string of the molecule is CCCCOc1ccc(N=Nc2ccc(OC(=O)c3cccnc3)cc2)cc1. The summed E-state index contributed by atoms with van der Waals surface area (Å²) in [5.41, 5.74) is 1.78. The van der Waals surface area contributed by atoms with Crippen LogP contribution in [-0.2, 0) is 0 Å².